The smallest absolute Gasteiger partial charge is 0.260 e. The average molecular weight is 343 g/mol. The number of β-amino-alcohol motifs (C(OH)–C–C–N with tert-alkyl or cyclic N) is 1. The van der Waals surface area contributed by atoms with E-state index in [1.54, 1.807) is 50.2 Å². The molecule has 0 spiro atoms. The van der Waals surface area contributed by atoms with Gasteiger partial charge in [-0.2, -0.15) is 0 Å². The number of amides is 1. The number of anilines is 1. The molecular weight excluding hydrogens is 322 g/mol. The molecule has 3 rings (SSSR count). The molecule has 2 aromatic rings. The van der Waals surface area contributed by atoms with Crippen LogP contribution in [0.5, 0.6) is 5.75 Å². The first-order valence-corrected chi connectivity index (χ1v) is 8.06. The molecular formula is C17H21N5O3. The van der Waals surface area contributed by atoms with Gasteiger partial charge in [-0.15, -0.1) is 0 Å². The SMILES string of the molecule is CN(C[C@@]1(O)CCN(c2cnccn2)C1)C(=O)COc1cccnc1. The van der Waals surface area contributed by atoms with E-state index in [0.717, 1.165) is 5.82 Å². The number of carbonyl (C=O) groups is 1. The van der Waals surface area contributed by atoms with Crippen LogP contribution in [-0.2, 0) is 4.79 Å². The molecule has 1 aliphatic rings. The van der Waals surface area contributed by atoms with E-state index in [1.165, 1.54) is 4.90 Å². The van der Waals surface area contributed by atoms with Gasteiger partial charge in [-0.05, 0) is 18.6 Å². The summed E-state index contributed by atoms with van der Waals surface area (Å²) in [6, 6.07) is 3.48. The van der Waals surface area contributed by atoms with E-state index in [0.29, 0.717) is 25.3 Å². The zero-order chi connectivity index (χ0) is 17.7. The standard InChI is InChI=1S/C17H21N5O3/c1-21(16(23)11-25-14-3-2-5-18-9-14)12-17(24)4-8-22(13-17)15-10-19-6-7-20-15/h2-3,5-7,9-10,24H,4,8,11-13H2,1H3/t17-/m0/s1. The number of hydrogen-bond donors (Lipinski definition) is 1. The van der Waals surface area contributed by atoms with Gasteiger partial charge in [0.25, 0.3) is 5.91 Å². The molecule has 1 amide bonds. The molecule has 1 saturated heterocycles. The molecule has 1 aliphatic heterocycles. The van der Waals surface area contributed by atoms with Crippen molar-refractivity contribution in [1.29, 1.82) is 0 Å². The number of likely N-dealkylation sites (N-methyl/N-ethyl adjacent to an activating group) is 1. The minimum atomic E-state index is -0.976. The Morgan fingerprint density at radius 2 is 2.20 bits per heavy atom. The van der Waals surface area contributed by atoms with E-state index in [4.69, 9.17) is 4.74 Å². The van der Waals surface area contributed by atoms with Gasteiger partial charge in [0.1, 0.15) is 17.2 Å². The molecule has 1 N–H and O–H groups in total. The summed E-state index contributed by atoms with van der Waals surface area (Å²) in [7, 11) is 1.66. The van der Waals surface area contributed by atoms with Crippen LogP contribution >= 0.6 is 0 Å². The van der Waals surface area contributed by atoms with Crippen molar-refractivity contribution in [2.45, 2.75) is 12.0 Å². The Bertz CT molecular complexity index is 700. The molecule has 1 fully saturated rings. The summed E-state index contributed by atoms with van der Waals surface area (Å²) in [5.41, 5.74) is -0.976. The number of pyridine rings is 1. The second-order valence-corrected chi connectivity index (χ2v) is 6.19. The molecule has 2 aromatic heterocycles. The van der Waals surface area contributed by atoms with Gasteiger partial charge in [0.2, 0.25) is 0 Å². The monoisotopic (exact) mass is 343 g/mol. The summed E-state index contributed by atoms with van der Waals surface area (Å²) in [6.45, 7) is 1.22. The number of aliphatic hydroxyl groups is 1. The van der Waals surface area contributed by atoms with Crippen LogP contribution in [0.4, 0.5) is 5.82 Å². The number of ether oxygens (including phenoxy) is 1. The van der Waals surface area contributed by atoms with Crippen LogP contribution in [0.3, 0.4) is 0 Å². The highest BCUT2D eigenvalue weighted by Gasteiger charge is 2.38. The highest BCUT2D eigenvalue weighted by atomic mass is 16.5. The summed E-state index contributed by atoms with van der Waals surface area (Å²) in [5, 5.41) is 10.8. The molecule has 8 heteroatoms. The zero-order valence-electron chi connectivity index (χ0n) is 14.1. The molecule has 132 valence electrons. The van der Waals surface area contributed by atoms with Crippen molar-refractivity contribution in [3.63, 3.8) is 0 Å². The first-order chi connectivity index (χ1) is 12.1. The summed E-state index contributed by atoms with van der Waals surface area (Å²) >= 11 is 0. The van der Waals surface area contributed by atoms with Gasteiger partial charge in [0, 0.05) is 38.7 Å². The van der Waals surface area contributed by atoms with Crippen molar-refractivity contribution in [1.82, 2.24) is 19.9 Å². The normalized spacial score (nSPS) is 19.7. The van der Waals surface area contributed by atoms with E-state index >= 15 is 0 Å². The van der Waals surface area contributed by atoms with E-state index < -0.39 is 5.60 Å². The third-order valence-electron chi connectivity index (χ3n) is 4.16. The third-order valence-corrected chi connectivity index (χ3v) is 4.16. The predicted molar refractivity (Wildman–Crippen MR) is 91.2 cm³/mol. The Morgan fingerprint density at radius 1 is 1.36 bits per heavy atom. The minimum Gasteiger partial charge on any atom is -0.482 e. The van der Waals surface area contributed by atoms with Crippen molar-refractivity contribution in [3.05, 3.63) is 43.1 Å². The van der Waals surface area contributed by atoms with Crippen LogP contribution in [0, 0.1) is 0 Å². The van der Waals surface area contributed by atoms with Crippen LogP contribution in [0.15, 0.2) is 43.1 Å². The second kappa shape index (κ2) is 7.43. The number of carbonyl (C=O) groups excluding carboxylic acids is 1. The fraction of sp³-hybridized carbons (Fsp3) is 0.412. The average Bonchev–Trinajstić information content (AvgIpc) is 3.03. The Balaban J connectivity index is 1.51. The van der Waals surface area contributed by atoms with Crippen molar-refractivity contribution < 1.29 is 14.6 Å². The van der Waals surface area contributed by atoms with E-state index in [1.807, 2.05) is 4.90 Å². The van der Waals surface area contributed by atoms with Crippen LogP contribution in [0.25, 0.3) is 0 Å². The van der Waals surface area contributed by atoms with Gasteiger partial charge in [-0.1, -0.05) is 0 Å². The molecule has 0 aromatic carbocycles. The highest BCUT2D eigenvalue weighted by molar-refractivity contribution is 5.77. The Morgan fingerprint density at radius 3 is 2.92 bits per heavy atom. The molecule has 3 heterocycles. The molecule has 0 unspecified atom stereocenters. The first kappa shape index (κ1) is 17.1. The summed E-state index contributed by atoms with van der Waals surface area (Å²) < 4.78 is 5.41. The maximum absolute atomic E-state index is 12.2. The second-order valence-electron chi connectivity index (χ2n) is 6.19. The lowest BCUT2D eigenvalue weighted by Gasteiger charge is -2.29. The van der Waals surface area contributed by atoms with Crippen LogP contribution in [-0.4, -0.2) is 69.8 Å². The van der Waals surface area contributed by atoms with Gasteiger partial charge < -0.3 is 19.6 Å². The van der Waals surface area contributed by atoms with Crippen LogP contribution < -0.4 is 9.64 Å². The van der Waals surface area contributed by atoms with Crippen molar-refractivity contribution in [3.8, 4) is 5.75 Å². The van der Waals surface area contributed by atoms with Gasteiger partial charge in [0.15, 0.2) is 6.61 Å². The summed E-state index contributed by atoms with van der Waals surface area (Å²) in [6.07, 6.45) is 8.65. The molecule has 0 aliphatic carbocycles. The third kappa shape index (κ3) is 4.42. The number of rotatable bonds is 6. The molecule has 0 saturated carbocycles. The van der Waals surface area contributed by atoms with Gasteiger partial charge in [-0.3, -0.25) is 14.8 Å². The minimum absolute atomic E-state index is 0.0911. The number of aromatic nitrogens is 3. The van der Waals surface area contributed by atoms with Crippen LogP contribution in [0.2, 0.25) is 0 Å². The maximum atomic E-state index is 12.2. The Hall–Kier alpha value is -2.74. The fourth-order valence-electron chi connectivity index (χ4n) is 2.85. The van der Waals surface area contributed by atoms with E-state index in [-0.39, 0.29) is 19.1 Å². The fourth-order valence-corrected chi connectivity index (χ4v) is 2.85. The topological polar surface area (TPSA) is 91.7 Å². The lowest BCUT2D eigenvalue weighted by molar-refractivity contribution is -0.134. The number of nitrogens with zero attached hydrogens (tertiary/aromatic N) is 5. The Labute approximate surface area is 146 Å². The molecule has 0 bridgehead atoms. The number of hydrogen-bond acceptors (Lipinski definition) is 7. The molecule has 8 nitrogen and oxygen atoms in total. The van der Waals surface area contributed by atoms with Crippen molar-refractivity contribution in [2.24, 2.45) is 0 Å². The maximum Gasteiger partial charge on any atom is 0.260 e. The Kier molecular flexibility index (Phi) is 5.08. The van der Waals surface area contributed by atoms with Crippen molar-refractivity contribution >= 4 is 11.7 Å². The molecule has 25 heavy (non-hydrogen) atoms. The summed E-state index contributed by atoms with van der Waals surface area (Å²) in [4.78, 5) is 27.9. The molecule has 0 radical (unpaired) electrons. The predicted octanol–water partition coefficient (Wildman–Crippen LogP) is 0.350. The quantitative estimate of drug-likeness (QED) is 0.809. The van der Waals surface area contributed by atoms with Gasteiger partial charge in [-0.25, -0.2) is 4.98 Å². The summed E-state index contributed by atoms with van der Waals surface area (Å²) in [5.74, 6) is 1.07. The molecule has 1 atom stereocenters. The van der Waals surface area contributed by atoms with E-state index in [2.05, 4.69) is 15.0 Å². The lowest BCUT2D eigenvalue weighted by Crippen LogP contribution is -2.47. The first-order valence-electron chi connectivity index (χ1n) is 8.06. The lowest BCUT2D eigenvalue weighted by atomic mass is 10.0. The largest absolute Gasteiger partial charge is 0.482 e. The van der Waals surface area contributed by atoms with Gasteiger partial charge >= 0.3 is 0 Å². The van der Waals surface area contributed by atoms with Gasteiger partial charge in [0.05, 0.1) is 18.9 Å². The zero-order valence-corrected chi connectivity index (χ0v) is 14.1. The van der Waals surface area contributed by atoms with E-state index in [9.17, 15) is 9.90 Å². The van der Waals surface area contributed by atoms with Crippen molar-refractivity contribution in [2.75, 3.05) is 38.2 Å². The van der Waals surface area contributed by atoms with Crippen LogP contribution in [0.1, 0.15) is 6.42 Å². The highest BCUT2D eigenvalue weighted by Crippen LogP contribution is 2.25.